The monoisotopic (exact) mass is 198 g/mol. The molecule has 0 saturated heterocycles. The molecule has 1 aromatic rings. The molecule has 0 aliphatic heterocycles. The lowest BCUT2D eigenvalue weighted by atomic mass is 10.1. The van der Waals surface area contributed by atoms with Crippen LogP contribution in [0.1, 0.15) is 49.0 Å². The molecule has 1 aromatic heterocycles. The van der Waals surface area contributed by atoms with Crippen molar-refractivity contribution in [1.82, 2.24) is 0 Å². The van der Waals surface area contributed by atoms with E-state index in [0.29, 0.717) is 0 Å². The summed E-state index contributed by atoms with van der Waals surface area (Å²) in [5.74, 6) is 0. The Hall–Kier alpha value is -0.340. The normalized spacial score (nSPS) is 13.2. The minimum Gasteiger partial charge on any atom is -0.388 e. The van der Waals surface area contributed by atoms with E-state index in [1.54, 1.807) is 11.3 Å². The van der Waals surface area contributed by atoms with E-state index < -0.39 is 0 Å². The number of aliphatic hydroxyl groups excluding tert-OH is 1. The van der Waals surface area contributed by atoms with Gasteiger partial charge in [-0.15, -0.1) is 11.3 Å². The number of aryl methyl sites for hydroxylation is 1. The summed E-state index contributed by atoms with van der Waals surface area (Å²) in [6, 6.07) is 4.18. The predicted octanol–water partition coefficient (Wildman–Crippen LogP) is 3.53. The van der Waals surface area contributed by atoms with E-state index in [2.05, 4.69) is 26.0 Å². The number of unbranched alkanes of at least 4 members (excludes halogenated alkanes) is 1. The van der Waals surface area contributed by atoms with Crippen LogP contribution in [0.2, 0.25) is 0 Å². The fourth-order valence-corrected chi connectivity index (χ4v) is 2.28. The van der Waals surface area contributed by atoms with Crippen molar-refractivity contribution in [2.45, 2.75) is 45.6 Å². The molecule has 0 amide bonds. The summed E-state index contributed by atoms with van der Waals surface area (Å²) in [7, 11) is 0. The molecule has 1 rings (SSSR count). The van der Waals surface area contributed by atoms with Gasteiger partial charge in [0.2, 0.25) is 0 Å². The molecule has 0 aliphatic rings. The van der Waals surface area contributed by atoms with Crippen LogP contribution in [0, 0.1) is 0 Å². The second kappa shape index (κ2) is 5.40. The quantitative estimate of drug-likeness (QED) is 0.767. The third-order valence-electron chi connectivity index (χ3n) is 2.19. The highest BCUT2D eigenvalue weighted by Crippen LogP contribution is 2.26. The first-order valence-corrected chi connectivity index (χ1v) is 5.86. The van der Waals surface area contributed by atoms with Gasteiger partial charge in [0.25, 0.3) is 0 Å². The zero-order valence-electron chi connectivity index (χ0n) is 8.42. The average molecular weight is 198 g/mol. The topological polar surface area (TPSA) is 20.2 Å². The van der Waals surface area contributed by atoms with Crippen molar-refractivity contribution in [2.24, 2.45) is 0 Å². The summed E-state index contributed by atoms with van der Waals surface area (Å²) in [4.78, 5) is 2.50. The standard InChI is InChI=1S/C11H18OS/c1-3-5-6-10(12)11-8-7-9(4-2)13-11/h7-8,10,12H,3-6H2,1-2H3. The molecule has 0 spiro atoms. The van der Waals surface area contributed by atoms with Gasteiger partial charge in [0.05, 0.1) is 6.10 Å². The van der Waals surface area contributed by atoms with E-state index in [0.717, 1.165) is 30.6 Å². The molecule has 0 bridgehead atoms. The molecule has 1 nitrogen and oxygen atoms in total. The van der Waals surface area contributed by atoms with E-state index in [-0.39, 0.29) is 6.10 Å². The van der Waals surface area contributed by atoms with Crippen LogP contribution in [0.5, 0.6) is 0 Å². The maximum Gasteiger partial charge on any atom is 0.0882 e. The van der Waals surface area contributed by atoms with Crippen molar-refractivity contribution in [2.75, 3.05) is 0 Å². The summed E-state index contributed by atoms with van der Waals surface area (Å²) in [5, 5.41) is 9.77. The van der Waals surface area contributed by atoms with Crippen LogP contribution >= 0.6 is 11.3 Å². The maximum absolute atomic E-state index is 9.77. The third kappa shape index (κ3) is 3.12. The summed E-state index contributed by atoms with van der Waals surface area (Å²) in [6.45, 7) is 4.30. The van der Waals surface area contributed by atoms with Gasteiger partial charge in [-0.25, -0.2) is 0 Å². The fourth-order valence-electron chi connectivity index (χ4n) is 1.30. The van der Waals surface area contributed by atoms with E-state index in [1.165, 1.54) is 4.88 Å². The van der Waals surface area contributed by atoms with E-state index in [1.807, 2.05) is 0 Å². The smallest absolute Gasteiger partial charge is 0.0882 e. The molecule has 2 heteroatoms. The van der Waals surface area contributed by atoms with Crippen molar-refractivity contribution < 1.29 is 5.11 Å². The summed E-state index contributed by atoms with van der Waals surface area (Å²) >= 11 is 1.74. The number of thiophene rings is 1. The second-order valence-electron chi connectivity index (χ2n) is 3.32. The third-order valence-corrected chi connectivity index (χ3v) is 3.52. The van der Waals surface area contributed by atoms with E-state index in [4.69, 9.17) is 0 Å². The molecule has 0 fully saturated rings. The summed E-state index contributed by atoms with van der Waals surface area (Å²) < 4.78 is 0. The van der Waals surface area contributed by atoms with Crippen molar-refractivity contribution in [3.05, 3.63) is 21.9 Å². The first-order valence-electron chi connectivity index (χ1n) is 5.04. The Morgan fingerprint density at radius 2 is 2.15 bits per heavy atom. The highest BCUT2D eigenvalue weighted by atomic mass is 32.1. The van der Waals surface area contributed by atoms with Gasteiger partial charge in [-0.1, -0.05) is 26.7 Å². The Kier molecular flexibility index (Phi) is 4.46. The van der Waals surface area contributed by atoms with Gasteiger partial charge < -0.3 is 5.11 Å². The van der Waals surface area contributed by atoms with Crippen LogP contribution in [-0.4, -0.2) is 5.11 Å². The molecular formula is C11H18OS. The molecule has 0 aromatic carbocycles. The van der Waals surface area contributed by atoms with Gasteiger partial charge in [0, 0.05) is 9.75 Å². The van der Waals surface area contributed by atoms with Gasteiger partial charge in [0.15, 0.2) is 0 Å². The Balaban J connectivity index is 2.50. The Labute approximate surface area is 84.4 Å². The van der Waals surface area contributed by atoms with Crippen LogP contribution in [0.25, 0.3) is 0 Å². The molecule has 1 heterocycles. The molecule has 0 radical (unpaired) electrons. The van der Waals surface area contributed by atoms with Crippen LogP contribution in [0.3, 0.4) is 0 Å². The van der Waals surface area contributed by atoms with Gasteiger partial charge in [-0.2, -0.15) is 0 Å². The Bertz CT molecular complexity index is 242. The zero-order chi connectivity index (χ0) is 9.68. The summed E-state index contributed by atoms with van der Waals surface area (Å²) in [6.07, 6.45) is 4.01. The molecule has 0 aliphatic carbocycles. The lowest BCUT2D eigenvalue weighted by molar-refractivity contribution is 0.168. The number of aliphatic hydroxyl groups is 1. The van der Waals surface area contributed by atoms with Crippen LogP contribution in [0.15, 0.2) is 12.1 Å². The highest BCUT2D eigenvalue weighted by molar-refractivity contribution is 7.12. The van der Waals surface area contributed by atoms with Crippen molar-refractivity contribution in [3.8, 4) is 0 Å². The predicted molar refractivity (Wildman–Crippen MR) is 58.2 cm³/mol. The molecular weight excluding hydrogens is 180 g/mol. The van der Waals surface area contributed by atoms with Gasteiger partial charge in [0.1, 0.15) is 0 Å². The van der Waals surface area contributed by atoms with Crippen LogP contribution in [-0.2, 0) is 6.42 Å². The lowest BCUT2D eigenvalue weighted by Crippen LogP contribution is -1.93. The van der Waals surface area contributed by atoms with Crippen molar-refractivity contribution >= 4 is 11.3 Å². The molecule has 1 atom stereocenters. The summed E-state index contributed by atoms with van der Waals surface area (Å²) in [5.41, 5.74) is 0. The molecule has 13 heavy (non-hydrogen) atoms. The van der Waals surface area contributed by atoms with E-state index in [9.17, 15) is 5.11 Å². The molecule has 1 unspecified atom stereocenters. The largest absolute Gasteiger partial charge is 0.388 e. The average Bonchev–Trinajstić information content (AvgIpc) is 2.62. The lowest BCUT2D eigenvalue weighted by Gasteiger charge is -2.06. The number of hydrogen-bond donors (Lipinski definition) is 1. The van der Waals surface area contributed by atoms with Crippen LogP contribution in [0.4, 0.5) is 0 Å². The maximum atomic E-state index is 9.77. The SMILES string of the molecule is CCCCC(O)c1ccc(CC)s1. The highest BCUT2D eigenvalue weighted by Gasteiger charge is 2.08. The minimum absolute atomic E-state index is 0.231. The minimum atomic E-state index is -0.231. The Morgan fingerprint density at radius 3 is 2.69 bits per heavy atom. The van der Waals surface area contributed by atoms with Crippen LogP contribution < -0.4 is 0 Å². The van der Waals surface area contributed by atoms with Gasteiger partial charge in [-0.05, 0) is 25.0 Å². The molecule has 74 valence electrons. The Morgan fingerprint density at radius 1 is 1.38 bits per heavy atom. The van der Waals surface area contributed by atoms with Gasteiger partial charge in [-0.3, -0.25) is 0 Å². The number of hydrogen-bond acceptors (Lipinski definition) is 2. The fraction of sp³-hybridized carbons (Fsp3) is 0.636. The van der Waals surface area contributed by atoms with E-state index >= 15 is 0 Å². The van der Waals surface area contributed by atoms with Crippen molar-refractivity contribution in [1.29, 1.82) is 0 Å². The van der Waals surface area contributed by atoms with Gasteiger partial charge >= 0.3 is 0 Å². The zero-order valence-corrected chi connectivity index (χ0v) is 9.23. The second-order valence-corrected chi connectivity index (χ2v) is 4.52. The van der Waals surface area contributed by atoms with Crippen molar-refractivity contribution in [3.63, 3.8) is 0 Å². The molecule has 0 saturated carbocycles. The number of rotatable bonds is 5. The first-order chi connectivity index (χ1) is 6.27. The first kappa shape index (κ1) is 10.7. The molecule has 1 N–H and O–H groups in total.